The van der Waals surface area contributed by atoms with Crippen molar-refractivity contribution in [2.75, 3.05) is 7.11 Å². The molecule has 1 aliphatic rings. The van der Waals surface area contributed by atoms with Crippen LogP contribution in [0, 0.1) is 13.8 Å². The third-order valence-electron chi connectivity index (χ3n) is 4.79. The van der Waals surface area contributed by atoms with Crippen molar-refractivity contribution in [1.29, 1.82) is 0 Å². The van der Waals surface area contributed by atoms with Gasteiger partial charge in [0.25, 0.3) is 0 Å². The molecule has 0 aromatic heterocycles. The van der Waals surface area contributed by atoms with Crippen LogP contribution in [0.4, 0.5) is 0 Å². The molecule has 2 rings (SSSR count). The molecule has 1 aliphatic heterocycles. The Labute approximate surface area is 133 Å². The molecule has 1 heterocycles. The lowest BCUT2D eigenvalue weighted by atomic mass is 9.76. The Balaban J connectivity index is 2.30. The minimum atomic E-state index is -0.380. The Morgan fingerprint density at radius 1 is 1.09 bits per heavy atom. The third-order valence-corrected chi connectivity index (χ3v) is 4.79. The molecule has 1 saturated heterocycles. The van der Waals surface area contributed by atoms with Crippen LogP contribution in [0.5, 0.6) is 0 Å². The fourth-order valence-corrected chi connectivity index (χ4v) is 2.64. The van der Waals surface area contributed by atoms with Crippen molar-refractivity contribution in [3.8, 4) is 0 Å². The first-order valence-corrected chi connectivity index (χ1v) is 7.60. The largest absolute Gasteiger partial charge is 0.494 e. The molecule has 1 aromatic rings. The summed E-state index contributed by atoms with van der Waals surface area (Å²) in [4.78, 5) is 11.5. The topological polar surface area (TPSA) is 44.8 Å². The monoisotopic (exact) mass is 304 g/mol. The van der Waals surface area contributed by atoms with Crippen LogP contribution < -0.4 is 5.46 Å². The highest BCUT2D eigenvalue weighted by atomic mass is 16.7. The van der Waals surface area contributed by atoms with Crippen molar-refractivity contribution < 1.29 is 18.8 Å². The van der Waals surface area contributed by atoms with Crippen molar-refractivity contribution in [3.05, 3.63) is 28.8 Å². The molecular formula is C17H25BO4. The molecule has 0 spiro atoms. The average Bonchev–Trinajstić information content (AvgIpc) is 2.62. The Hall–Kier alpha value is -1.33. The fourth-order valence-electron chi connectivity index (χ4n) is 2.64. The van der Waals surface area contributed by atoms with Gasteiger partial charge >= 0.3 is 13.1 Å². The zero-order valence-electron chi connectivity index (χ0n) is 14.6. The molecule has 0 N–H and O–H groups in total. The van der Waals surface area contributed by atoms with Crippen LogP contribution in [0.3, 0.4) is 0 Å². The lowest BCUT2D eigenvalue weighted by Gasteiger charge is -2.32. The van der Waals surface area contributed by atoms with E-state index in [1.807, 2.05) is 53.7 Å². The normalized spacial score (nSPS) is 19.3. The summed E-state index contributed by atoms with van der Waals surface area (Å²) in [7, 11) is 1.03. The van der Waals surface area contributed by atoms with Gasteiger partial charge in [-0.2, -0.15) is 0 Å². The van der Waals surface area contributed by atoms with Gasteiger partial charge in [-0.25, -0.2) is 0 Å². The number of carbonyl (C=O) groups excluding carboxylic acids is 1. The van der Waals surface area contributed by atoms with Crippen molar-refractivity contribution in [1.82, 2.24) is 0 Å². The van der Waals surface area contributed by atoms with Gasteiger partial charge in [0.15, 0.2) is 0 Å². The summed E-state index contributed by atoms with van der Waals surface area (Å²) in [6.07, 6.45) is 0.289. The summed E-state index contributed by atoms with van der Waals surface area (Å²) < 4.78 is 16.9. The van der Waals surface area contributed by atoms with Gasteiger partial charge in [-0.05, 0) is 63.7 Å². The van der Waals surface area contributed by atoms with E-state index in [1.165, 1.54) is 7.11 Å². The molecule has 0 unspecified atom stereocenters. The van der Waals surface area contributed by atoms with Gasteiger partial charge < -0.3 is 14.0 Å². The maximum Gasteiger partial charge on any atom is 0.494 e. The van der Waals surface area contributed by atoms with Crippen LogP contribution in [0.1, 0.15) is 44.4 Å². The second-order valence-corrected chi connectivity index (χ2v) is 6.97. The molecule has 0 amide bonds. The van der Waals surface area contributed by atoms with E-state index < -0.39 is 0 Å². The lowest BCUT2D eigenvalue weighted by Crippen LogP contribution is -2.41. The number of ether oxygens (including phenoxy) is 1. The molecule has 0 atom stereocenters. The highest BCUT2D eigenvalue weighted by Crippen LogP contribution is 2.36. The first-order valence-electron chi connectivity index (χ1n) is 7.60. The molecule has 4 nitrogen and oxygen atoms in total. The zero-order chi connectivity index (χ0) is 16.7. The van der Waals surface area contributed by atoms with Crippen LogP contribution in [-0.2, 0) is 25.3 Å². The first-order chi connectivity index (χ1) is 10.1. The van der Waals surface area contributed by atoms with Crippen LogP contribution >= 0.6 is 0 Å². The molecule has 1 fully saturated rings. The minimum Gasteiger partial charge on any atom is -0.469 e. The van der Waals surface area contributed by atoms with E-state index in [4.69, 9.17) is 14.0 Å². The average molecular weight is 304 g/mol. The smallest absolute Gasteiger partial charge is 0.469 e. The predicted octanol–water partition coefficient (Wildman–Crippen LogP) is 2.32. The van der Waals surface area contributed by atoms with Crippen LogP contribution in [-0.4, -0.2) is 31.4 Å². The summed E-state index contributed by atoms with van der Waals surface area (Å²) >= 11 is 0. The summed E-state index contributed by atoms with van der Waals surface area (Å²) in [5.74, 6) is -0.227. The third kappa shape index (κ3) is 3.06. The van der Waals surface area contributed by atoms with E-state index in [2.05, 4.69) is 0 Å². The number of carbonyl (C=O) groups is 1. The van der Waals surface area contributed by atoms with Crippen molar-refractivity contribution in [2.45, 2.75) is 59.2 Å². The van der Waals surface area contributed by atoms with Gasteiger partial charge in [-0.1, -0.05) is 12.1 Å². The summed E-state index contributed by atoms with van der Waals surface area (Å²) in [5, 5.41) is 0. The SMILES string of the molecule is COC(=O)Cc1c(C)cc(B2OC(C)(C)C(C)(C)O2)cc1C. The fraction of sp³-hybridized carbons (Fsp3) is 0.588. The van der Waals surface area contributed by atoms with Crippen molar-refractivity contribution in [2.24, 2.45) is 0 Å². The molecule has 1 aromatic carbocycles. The maximum atomic E-state index is 11.5. The summed E-state index contributed by atoms with van der Waals surface area (Å²) in [5.41, 5.74) is 3.38. The number of esters is 1. The lowest BCUT2D eigenvalue weighted by molar-refractivity contribution is -0.139. The minimum absolute atomic E-state index is 0.227. The molecule has 0 bridgehead atoms. The molecular weight excluding hydrogens is 279 g/mol. The quantitative estimate of drug-likeness (QED) is 0.635. The molecule has 120 valence electrons. The Kier molecular flexibility index (Phi) is 4.42. The van der Waals surface area contributed by atoms with Gasteiger partial charge in [0, 0.05) is 0 Å². The van der Waals surface area contributed by atoms with Gasteiger partial charge in [0.05, 0.1) is 24.7 Å². The zero-order valence-corrected chi connectivity index (χ0v) is 14.6. The second kappa shape index (κ2) is 5.71. The highest BCUT2D eigenvalue weighted by Gasteiger charge is 2.51. The molecule has 0 saturated carbocycles. The molecule has 0 aliphatic carbocycles. The molecule has 22 heavy (non-hydrogen) atoms. The summed E-state index contributed by atoms with van der Waals surface area (Å²) in [6, 6.07) is 4.07. The summed E-state index contributed by atoms with van der Waals surface area (Å²) in [6.45, 7) is 12.2. The Bertz CT molecular complexity index is 553. The number of aryl methyl sites for hydroxylation is 2. The Morgan fingerprint density at radius 3 is 1.95 bits per heavy atom. The number of rotatable bonds is 3. The first kappa shape index (κ1) is 17.0. The van der Waals surface area contributed by atoms with E-state index in [0.717, 1.165) is 22.2 Å². The Morgan fingerprint density at radius 2 is 1.55 bits per heavy atom. The van der Waals surface area contributed by atoms with Gasteiger partial charge in [0.2, 0.25) is 0 Å². The van der Waals surface area contributed by atoms with E-state index in [-0.39, 0.29) is 30.7 Å². The standard InChI is InChI=1S/C17H25BO4/c1-11-8-13(9-12(2)14(11)10-15(19)20-7)18-21-16(3,4)17(5,6)22-18/h8-9H,10H2,1-7H3. The number of methoxy groups -OCH3 is 1. The predicted molar refractivity (Wildman–Crippen MR) is 87.4 cm³/mol. The van der Waals surface area contributed by atoms with Crippen LogP contribution in [0.15, 0.2) is 12.1 Å². The molecule has 5 heteroatoms. The van der Waals surface area contributed by atoms with Crippen LogP contribution in [0.2, 0.25) is 0 Å². The second-order valence-electron chi connectivity index (χ2n) is 6.97. The van der Waals surface area contributed by atoms with Crippen molar-refractivity contribution >= 4 is 18.6 Å². The molecule has 0 radical (unpaired) electrons. The van der Waals surface area contributed by atoms with E-state index >= 15 is 0 Å². The van der Waals surface area contributed by atoms with Crippen LogP contribution in [0.25, 0.3) is 0 Å². The van der Waals surface area contributed by atoms with E-state index in [9.17, 15) is 4.79 Å². The number of benzene rings is 1. The van der Waals surface area contributed by atoms with E-state index in [1.54, 1.807) is 0 Å². The number of hydrogen-bond acceptors (Lipinski definition) is 4. The maximum absolute atomic E-state index is 11.5. The van der Waals surface area contributed by atoms with E-state index in [0.29, 0.717) is 0 Å². The number of hydrogen-bond donors (Lipinski definition) is 0. The highest BCUT2D eigenvalue weighted by molar-refractivity contribution is 6.62. The van der Waals surface area contributed by atoms with Crippen molar-refractivity contribution in [3.63, 3.8) is 0 Å². The van der Waals surface area contributed by atoms with Gasteiger partial charge in [0.1, 0.15) is 0 Å². The van der Waals surface area contributed by atoms with Gasteiger partial charge in [-0.15, -0.1) is 0 Å². The van der Waals surface area contributed by atoms with Gasteiger partial charge in [-0.3, -0.25) is 4.79 Å².